The fourth-order valence-electron chi connectivity index (χ4n) is 5.89. The molecule has 0 N–H and O–H groups in total. The van der Waals surface area contributed by atoms with E-state index in [9.17, 15) is 0 Å². The number of benzene rings is 2. The third kappa shape index (κ3) is 1.84. The SMILES string of the molecule is CN(C)c1cc2[n+]3c(c1)-c1cc(N(C)C)cc4[n+]1C31c3c(cccc3O2)Oc2cccc(c21)O4. The van der Waals surface area contributed by atoms with E-state index in [0.29, 0.717) is 0 Å². The predicted molar refractivity (Wildman–Crippen MR) is 126 cm³/mol. The summed E-state index contributed by atoms with van der Waals surface area (Å²) < 4.78 is 24.2. The van der Waals surface area contributed by atoms with Crippen LogP contribution in [0.1, 0.15) is 11.1 Å². The summed E-state index contributed by atoms with van der Waals surface area (Å²) in [6.45, 7) is 0. The molecule has 7 heteroatoms. The van der Waals surface area contributed by atoms with Gasteiger partial charge in [0.1, 0.15) is 11.5 Å². The number of pyridine rings is 2. The lowest BCUT2D eigenvalue weighted by molar-refractivity contribution is -0.943. The standard InChI is InChI=1S/C27H22N4O3/c1-28(2)15-11-17-18-12-16(29(3)4)14-24-31(18)27-25-19(32-20-8-6-10-22(34-24)26(20)27)7-5-9-21(25)33-23(13-15)30(17)27/h5-14H,1-4H3/q+2. The van der Waals surface area contributed by atoms with E-state index in [0.717, 1.165) is 68.6 Å². The monoisotopic (exact) mass is 450 g/mol. The third-order valence-corrected chi connectivity index (χ3v) is 7.30. The Morgan fingerprint density at radius 3 is 1.41 bits per heavy atom. The van der Waals surface area contributed by atoms with Gasteiger partial charge >= 0.3 is 17.4 Å². The van der Waals surface area contributed by atoms with Crippen LogP contribution in [-0.2, 0) is 5.66 Å². The maximum atomic E-state index is 6.58. The van der Waals surface area contributed by atoms with Crippen molar-refractivity contribution in [3.05, 3.63) is 71.8 Å². The highest BCUT2D eigenvalue weighted by Gasteiger charge is 2.75. The first-order valence-electron chi connectivity index (χ1n) is 11.3. The molecule has 0 radical (unpaired) electrons. The first-order valence-corrected chi connectivity index (χ1v) is 11.3. The quantitative estimate of drug-likeness (QED) is 0.373. The van der Waals surface area contributed by atoms with Crippen LogP contribution in [-0.4, -0.2) is 28.2 Å². The van der Waals surface area contributed by atoms with Gasteiger partial charge in [-0.05, 0) is 24.3 Å². The summed E-state index contributed by atoms with van der Waals surface area (Å²) in [7, 11) is 8.21. The smallest absolute Gasteiger partial charge is 0.437 e. The van der Waals surface area contributed by atoms with Crippen LogP contribution in [0.2, 0.25) is 0 Å². The molecule has 4 aliphatic heterocycles. The molecule has 0 fully saturated rings. The molecule has 0 saturated heterocycles. The summed E-state index contributed by atoms with van der Waals surface area (Å²) in [4.78, 5) is 4.22. The molecule has 0 unspecified atom stereocenters. The van der Waals surface area contributed by atoms with Crippen LogP contribution in [0.4, 0.5) is 11.4 Å². The average molecular weight is 450 g/mol. The molecule has 8 rings (SSSR count). The lowest BCUT2D eigenvalue weighted by Crippen LogP contribution is -2.74. The molecule has 0 atom stereocenters. The van der Waals surface area contributed by atoms with Crippen LogP contribution in [0.15, 0.2) is 60.7 Å². The molecule has 0 amide bonds. The molecule has 6 heterocycles. The number of rotatable bonds is 2. The summed E-state index contributed by atoms with van der Waals surface area (Å²) in [6, 6.07) is 20.8. The summed E-state index contributed by atoms with van der Waals surface area (Å²) in [5, 5.41) is 0. The van der Waals surface area contributed by atoms with E-state index in [1.807, 2.05) is 36.4 Å². The summed E-state index contributed by atoms with van der Waals surface area (Å²) in [5.41, 5.74) is 5.58. The van der Waals surface area contributed by atoms with Crippen molar-refractivity contribution < 1.29 is 23.3 Å². The van der Waals surface area contributed by atoms with Crippen molar-refractivity contribution in [2.45, 2.75) is 5.66 Å². The fourth-order valence-corrected chi connectivity index (χ4v) is 5.89. The Labute approximate surface area is 196 Å². The Hall–Kier alpha value is -4.26. The minimum absolute atomic E-state index is 0.697. The van der Waals surface area contributed by atoms with Gasteiger partial charge in [-0.25, -0.2) is 0 Å². The Balaban J connectivity index is 1.64. The van der Waals surface area contributed by atoms with Gasteiger partial charge < -0.3 is 24.0 Å². The van der Waals surface area contributed by atoms with Crippen molar-refractivity contribution in [1.82, 2.24) is 0 Å². The van der Waals surface area contributed by atoms with Gasteiger partial charge in [-0.15, -0.1) is 0 Å². The van der Waals surface area contributed by atoms with Gasteiger partial charge in [0.2, 0.25) is 0 Å². The maximum Gasteiger partial charge on any atom is 0.437 e. The molecule has 166 valence electrons. The minimum Gasteiger partial charge on any atom is -0.455 e. The molecule has 4 aliphatic rings. The van der Waals surface area contributed by atoms with E-state index < -0.39 is 5.66 Å². The topological polar surface area (TPSA) is 41.9 Å². The first kappa shape index (κ1) is 18.2. The van der Waals surface area contributed by atoms with Gasteiger partial charge in [0, 0.05) is 40.3 Å². The third-order valence-electron chi connectivity index (χ3n) is 7.30. The number of nitrogens with zero attached hydrogens (tertiary/aromatic N) is 4. The van der Waals surface area contributed by atoms with Gasteiger partial charge in [-0.1, -0.05) is 21.3 Å². The van der Waals surface area contributed by atoms with Crippen molar-refractivity contribution in [2.24, 2.45) is 0 Å². The molecule has 0 bridgehead atoms. The molecule has 4 aromatic rings. The number of anilines is 2. The number of fused-ring (bicyclic) bond motifs is 1. The van der Waals surface area contributed by atoms with Gasteiger partial charge in [-0.2, -0.15) is 0 Å². The zero-order valence-corrected chi connectivity index (χ0v) is 19.3. The molecule has 34 heavy (non-hydrogen) atoms. The van der Waals surface area contributed by atoms with Crippen molar-refractivity contribution in [2.75, 3.05) is 38.0 Å². The molecule has 1 spiro atoms. The second-order valence-electron chi connectivity index (χ2n) is 9.57. The van der Waals surface area contributed by atoms with Crippen LogP contribution in [0.3, 0.4) is 0 Å². The lowest BCUT2D eigenvalue weighted by atomic mass is 9.84. The highest BCUT2D eigenvalue weighted by Crippen LogP contribution is 2.59. The number of aromatic nitrogens is 2. The second-order valence-corrected chi connectivity index (χ2v) is 9.57. The zero-order valence-electron chi connectivity index (χ0n) is 19.3. The van der Waals surface area contributed by atoms with Crippen molar-refractivity contribution in [3.63, 3.8) is 0 Å². The Bertz CT molecular complexity index is 1490. The summed E-state index contributed by atoms with van der Waals surface area (Å²) in [5.74, 6) is 4.77. The minimum atomic E-state index is -0.697. The Morgan fingerprint density at radius 1 is 0.588 bits per heavy atom. The van der Waals surface area contributed by atoms with Crippen molar-refractivity contribution >= 4 is 11.4 Å². The number of hydrogen-bond donors (Lipinski definition) is 0. The predicted octanol–water partition coefficient (Wildman–Crippen LogP) is 3.99. The molecule has 0 saturated carbocycles. The molecular weight excluding hydrogens is 428 g/mol. The zero-order chi connectivity index (χ0) is 22.9. The number of ether oxygens (including phenoxy) is 3. The van der Waals surface area contributed by atoms with E-state index in [-0.39, 0.29) is 0 Å². The van der Waals surface area contributed by atoms with Crippen molar-refractivity contribution in [3.8, 4) is 46.1 Å². The van der Waals surface area contributed by atoms with E-state index in [1.165, 1.54) is 0 Å². The average Bonchev–Trinajstić information content (AvgIpc) is 3.11. The second kappa shape index (κ2) is 5.62. The van der Waals surface area contributed by atoms with Gasteiger partial charge in [0.05, 0.1) is 23.5 Å². The molecular formula is C27H22N4O3+2. The highest BCUT2D eigenvalue weighted by molar-refractivity contribution is 5.71. The maximum absolute atomic E-state index is 6.58. The summed E-state index contributed by atoms with van der Waals surface area (Å²) >= 11 is 0. The van der Waals surface area contributed by atoms with Crippen LogP contribution in [0, 0.1) is 0 Å². The Kier molecular flexibility index (Phi) is 3.01. The van der Waals surface area contributed by atoms with E-state index in [4.69, 9.17) is 14.2 Å². The largest absolute Gasteiger partial charge is 0.455 e. The lowest BCUT2D eigenvalue weighted by Gasteiger charge is -2.35. The normalized spacial score (nSPS) is 15.4. The van der Waals surface area contributed by atoms with Crippen LogP contribution in [0.5, 0.6) is 34.8 Å². The van der Waals surface area contributed by atoms with Crippen LogP contribution < -0.4 is 33.1 Å². The summed E-state index contributed by atoms with van der Waals surface area (Å²) in [6.07, 6.45) is 0. The van der Waals surface area contributed by atoms with Crippen LogP contribution >= 0.6 is 0 Å². The highest BCUT2D eigenvalue weighted by atomic mass is 16.5. The first-order chi connectivity index (χ1) is 16.5. The van der Waals surface area contributed by atoms with E-state index in [2.05, 4.69) is 71.4 Å². The molecule has 7 nitrogen and oxygen atoms in total. The van der Waals surface area contributed by atoms with E-state index >= 15 is 0 Å². The van der Waals surface area contributed by atoms with E-state index in [1.54, 1.807) is 0 Å². The van der Waals surface area contributed by atoms with Gasteiger partial charge in [-0.3, -0.25) is 0 Å². The Morgan fingerprint density at radius 2 is 1.00 bits per heavy atom. The fraction of sp³-hybridized carbons (Fsp3) is 0.185. The van der Waals surface area contributed by atoms with Crippen molar-refractivity contribution in [1.29, 1.82) is 0 Å². The molecule has 2 aromatic carbocycles. The number of hydrogen-bond acceptors (Lipinski definition) is 5. The van der Waals surface area contributed by atoms with Gasteiger partial charge in [0.15, 0.2) is 22.6 Å². The molecule has 0 aliphatic carbocycles. The van der Waals surface area contributed by atoms with Crippen LogP contribution in [0.25, 0.3) is 11.4 Å². The van der Waals surface area contributed by atoms with Gasteiger partial charge in [0.25, 0.3) is 11.4 Å². The molecule has 2 aromatic heterocycles.